The second-order valence-corrected chi connectivity index (χ2v) is 7.49. The van der Waals surface area contributed by atoms with E-state index in [9.17, 15) is 0 Å². The van der Waals surface area contributed by atoms with Crippen molar-refractivity contribution in [3.05, 3.63) is 95.8 Å². The maximum atomic E-state index is 6.10. The molecule has 3 heteroatoms. The Morgan fingerprint density at radius 1 is 0.786 bits per heavy atom. The number of benzene rings is 3. The fourth-order valence-electron chi connectivity index (χ4n) is 3.61. The minimum atomic E-state index is 0.176. The summed E-state index contributed by atoms with van der Waals surface area (Å²) in [7, 11) is 0. The quantitative estimate of drug-likeness (QED) is 0.395. The Labute approximate surface area is 166 Å². The van der Waals surface area contributed by atoms with Crippen LogP contribution in [0.2, 0.25) is 0 Å². The van der Waals surface area contributed by atoms with Crippen molar-refractivity contribution in [1.29, 1.82) is 0 Å². The molecule has 0 N–H and O–H groups in total. The second-order valence-electron chi connectivity index (χ2n) is 7.49. The van der Waals surface area contributed by atoms with Gasteiger partial charge in [-0.1, -0.05) is 68.4 Å². The molecule has 28 heavy (non-hydrogen) atoms. The summed E-state index contributed by atoms with van der Waals surface area (Å²) in [5.74, 6) is 2.32. The Hall–Kier alpha value is -3.07. The third-order valence-electron chi connectivity index (χ3n) is 5.25. The molecule has 4 rings (SSSR count). The van der Waals surface area contributed by atoms with Crippen molar-refractivity contribution in [3.63, 3.8) is 0 Å². The largest absolute Gasteiger partial charge is 0.486 e. The molecule has 0 aliphatic rings. The highest BCUT2D eigenvalue weighted by Crippen LogP contribution is 2.27. The molecular formula is C25H26N2O. The molecule has 0 aliphatic heterocycles. The number of para-hydroxylation sites is 2. The van der Waals surface area contributed by atoms with E-state index in [0.29, 0.717) is 12.5 Å². The predicted octanol–water partition coefficient (Wildman–Crippen LogP) is 6.35. The standard InChI is InChI=1S/C25H26N2O/c1-18(2)20-13-15-22(16-14-20)28-17-25-26-23-11-7-8-12-24(23)27(25)19(3)21-9-5-4-6-10-21/h4-16,18-19H,17H2,1-3H3. The van der Waals surface area contributed by atoms with Crippen LogP contribution in [0, 0.1) is 0 Å². The molecule has 142 valence electrons. The first-order valence-electron chi connectivity index (χ1n) is 9.87. The average Bonchev–Trinajstić information content (AvgIpc) is 3.11. The summed E-state index contributed by atoms with van der Waals surface area (Å²) in [6.45, 7) is 7.05. The van der Waals surface area contributed by atoms with Gasteiger partial charge < -0.3 is 9.30 Å². The van der Waals surface area contributed by atoms with Crippen LogP contribution >= 0.6 is 0 Å². The summed E-state index contributed by atoms with van der Waals surface area (Å²) in [4.78, 5) is 4.86. The number of ether oxygens (including phenoxy) is 1. The number of hydrogen-bond donors (Lipinski definition) is 0. The van der Waals surface area contributed by atoms with E-state index in [0.717, 1.165) is 22.6 Å². The van der Waals surface area contributed by atoms with E-state index in [1.165, 1.54) is 11.1 Å². The van der Waals surface area contributed by atoms with Crippen molar-refractivity contribution in [3.8, 4) is 5.75 Å². The van der Waals surface area contributed by atoms with Crippen molar-refractivity contribution in [1.82, 2.24) is 9.55 Å². The second kappa shape index (κ2) is 7.89. The van der Waals surface area contributed by atoms with Crippen LogP contribution in [0.25, 0.3) is 11.0 Å². The molecule has 1 heterocycles. The lowest BCUT2D eigenvalue weighted by Crippen LogP contribution is -2.12. The van der Waals surface area contributed by atoms with Crippen molar-refractivity contribution >= 4 is 11.0 Å². The number of fused-ring (bicyclic) bond motifs is 1. The maximum absolute atomic E-state index is 6.10. The highest BCUT2D eigenvalue weighted by atomic mass is 16.5. The smallest absolute Gasteiger partial charge is 0.148 e. The predicted molar refractivity (Wildman–Crippen MR) is 115 cm³/mol. The van der Waals surface area contributed by atoms with Crippen molar-refractivity contribution in [2.24, 2.45) is 0 Å². The number of nitrogens with zero attached hydrogens (tertiary/aromatic N) is 2. The third-order valence-corrected chi connectivity index (χ3v) is 5.25. The molecule has 0 amide bonds. The lowest BCUT2D eigenvalue weighted by Gasteiger charge is -2.18. The van der Waals surface area contributed by atoms with Gasteiger partial charge in [-0.2, -0.15) is 0 Å². The van der Waals surface area contributed by atoms with E-state index < -0.39 is 0 Å². The molecule has 1 aromatic heterocycles. The zero-order chi connectivity index (χ0) is 19.5. The Bertz CT molecular complexity index is 1050. The SMILES string of the molecule is CC(C)c1ccc(OCc2nc3ccccc3n2C(C)c2ccccc2)cc1. The summed E-state index contributed by atoms with van der Waals surface area (Å²) in [6, 6.07) is 27.3. The number of hydrogen-bond acceptors (Lipinski definition) is 2. The first-order valence-corrected chi connectivity index (χ1v) is 9.87. The molecule has 0 saturated heterocycles. The molecule has 3 nitrogen and oxygen atoms in total. The Morgan fingerprint density at radius 3 is 2.18 bits per heavy atom. The number of rotatable bonds is 6. The van der Waals surface area contributed by atoms with Gasteiger partial charge in [0.05, 0.1) is 17.1 Å². The Kier molecular flexibility index (Phi) is 5.16. The van der Waals surface area contributed by atoms with E-state index in [1.54, 1.807) is 0 Å². The summed E-state index contributed by atoms with van der Waals surface area (Å²) >= 11 is 0. The van der Waals surface area contributed by atoms with Gasteiger partial charge in [0.1, 0.15) is 18.2 Å². The highest BCUT2D eigenvalue weighted by Gasteiger charge is 2.17. The minimum Gasteiger partial charge on any atom is -0.486 e. The van der Waals surface area contributed by atoms with Crippen LogP contribution in [0.1, 0.15) is 49.7 Å². The molecule has 0 aliphatic carbocycles. The minimum absolute atomic E-state index is 0.176. The molecule has 4 aromatic rings. The lowest BCUT2D eigenvalue weighted by atomic mass is 10.0. The Morgan fingerprint density at radius 2 is 1.46 bits per heavy atom. The van der Waals surface area contributed by atoms with Gasteiger partial charge >= 0.3 is 0 Å². The normalized spacial score (nSPS) is 12.4. The van der Waals surface area contributed by atoms with Crippen LogP contribution in [-0.2, 0) is 6.61 Å². The van der Waals surface area contributed by atoms with Crippen molar-refractivity contribution in [2.45, 2.75) is 39.3 Å². The zero-order valence-corrected chi connectivity index (χ0v) is 16.7. The van der Waals surface area contributed by atoms with Crippen molar-refractivity contribution < 1.29 is 4.74 Å². The first kappa shape index (κ1) is 18.3. The first-order chi connectivity index (χ1) is 13.6. The van der Waals surface area contributed by atoms with Gasteiger partial charge in [-0.25, -0.2) is 4.98 Å². The summed E-state index contributed by atoms with van der Waals surface area (Å²) in [6.07, 6.45) is 0. The molecule has 0 spiro atoms. The number of imidazole rings is 1. The third kappa shape index (κ3) is 3.65. The fourth-order valence-corrected chi connectivity index (χ4v) is 3.61. The molecule has 1 unspecified atom stereocenters. The fraction of sp³-hybridized carbons (Fsp3) is 0.240. The van der Waals surface area contributed by atoms with Crippen LogP contribution in [0.3, 0.4) is 0 Å². The van der Waals surface area contributed by atoms with Gasteiger partial charge in [-0.3, -0.25) is 0 Å². The molecule has 1 atom stereocenters. The zero-order valence-electron chi connectivity index (χ0n) is 16.7. The Balaban J connectivity index is 1.65. The highest BCUT2D eigenvalue weighted by molar-refractivity contribution is 5.76. The average molecular weight is 370 g/mol. The van der Waals surface area contributed by atoms with Crippen LogP contribution in [0.15, 0.2) is 78.9 Å². The van der Waals surface area contributed by atoms with Crippen molar-refractivity contribution in [2.75, 3.05) is 0 Å². The van der Waals surface area contributed by atoms with E-state index in [2.05, 4.69) is 79.9 Å². The molecule has 0 saturated carbocycles. The van der Waals surface area contributed by atoms with E-state index >= 15 is 0 Å². The van der Waals surface area contributed by atoms with Gasteiger partial charge in [0.2, 0.25) is 0 Å². The molecule has 0 bridgehead atoms. The molecule has 0 fully saturated rings. The van der Waals surface area contributed by atoms with Crippen LogP contribution in [-0.4, -0.2) is 9.55 Å². The van der Waals surface area contributed by atoms with Crippen LogP contribution < -0.4 is 4.74 Å². The van der Waals surface area contributed by atoms with Gasteiger partial charge in [0, 0.05) is 0 Å². The molecular weight excluding hydrogens is 344 g/mol. The van der Waals surface area contributed by atoms with Gasteiger partial charge in [-0.05, 0) is 48.2 Å². The monoisotopic (exact) mass is 370 g/mol. The van der Waals surface area contributed by atoms with Crippen LogP contribution in [0.4, 0.5) is 0 Å². The van der Waals surface area contributed by atoms with Crippen LogP contribution in [0.5, 0.6) is 5.75 Å². The summed E-state index contributed by atoms with van der Waals surface area (Å²) in [5, 5.41) is 0. The molecule has 3 aromatic carbocycles. The van der Waals surface area contributed by atoms with Gasteiger partial charge in [0.25, 0.3) is 0 Å². The summed E-state index contributed by atoms with van der Waals surface area (Å²) in [5.41, 5.74) is 4.71. The van der Waals surface area contributed by atoms with Gasteiger partial charge in [-0.15, -0.1) is 0 Å². The number of aromatic nitrogens is 2. The van der Waals surface area contributed by atoms with E-state index in [4.69, 9.17) is 9.72 Å². The lowest BCUT2D eigenvalue weighted by molar-refractivity contribution is 0.288. The topological polar surface area (TPSA) is 27.1 Å². The molecule has 0 radical (unpaired) electrons. The summed E-state index contributed by atoms with van der Waals surface area (Å²) < 4.78 is 8.38. The van der Waals surface area contributed by atoms with E-state index in [1.807, 2.05) is 24.3 Å². The van der Waals surface area contributed by atoms with Gasteiger partial charge in [0.15, 0.2) is 0 Å². The maximum Gasteiger partial charge on any atom is 0.148 e. The van der Waals surface area contributed by atoms with E-state index in [-0.39, 0.29) is 6.04 Å².